The molecule has 0 atom stereocenters. The standard InChI is InChI=1S/C10H12F2N2O3/c1-16-8-5(10(15)17-2)4-14-6(3-13)7(8)9(11)12/h4,9H,3,13H2,1-2H3. The molecule has 0 aromatic carbocycles. The highest BCUT2D eigenvalue weighted by Gasteiger charge is 2.25. The molecule has 1 heterocycles. The van der Waals surface area contributed by atoms with Gasteiger partial charge in [0.05, 0.1) is 25.5 Å². The van der Waals surface area contributed by atoms with Crippen LogP contribution < -0.4 is 10.5 Å². The Morgan fingerprint density at radius 1 is 1.53 bits per heavy atom. The summed E-state index contributed by atoms with van der Waals surface area (Å²) < 4.78 is 35.0. The zero-order valence-corrected chi connectivity index (χ0v) is 9.37. The predicted molar refractivity (Wildman–Crippen MR) is 55.0 cm³/mol. The van der Waals surface area contributed by atoms with Crippen LogP contribution in [0.3, 0.4) is 0 Å². The van der Waals surface area contributed by atoms with E-state index in [0.717, 1.165) is 13.3 Å². The number of nitrogens with two attached hydrogens (primary N) is 1. The first-order valence-electron chi connectivity index (χ1n) is 4.69. The van der Waals surface area contributed by atoms with E-state index < -0.39 is 18.0 Å². The Labute approximate surface area is 96.5 Å². The fraction of sp³-hybridized carbons (Fsp3) is 0.400. The smallest absolute Gasteiger partial charge is 0.343 e. The fourth-order valence-corrected chi connectivity index (χ4v) is 1.41. The molecule has 0 saturated heterocycles. The summed E-state index contributed by atoms with van der Waals surface area (Å²) in [6, 6.07) is 0. The number of hydrogen-bond acceptors (Lipinski definition) is 5. The van der Waals surface area contributed by atoms with E-state index in [4.69, 9.17) is 10.5 Å². The van der Waals surface area contributed by atoms with Gasteiger partial charge in [-0.2, -0.15) is 0 Å². The molecule has 1 aromatic heterocycles. The molecule has 0 fully saturated rings. The summed E-state index contributed by atoms with van der Waals surface area (Å²) in [6.07, 6.45) is -1.72. The van der Waals surface area contributed by atoms with Crippen molar-refractivity contribution in [1.29, 1.82) is 0 Å². The largest absolute Gasteiger partial charge is 0.495 e. The first kappa shape index (κ1) is 13.3. The van der Waals surface area contributed by atoms with Crippen molar-refractivity contribution in [2.24, 2.45) is 5.73 Å². The summed E-state index contributed by atoms with van der Waals surface area (Å²) in [7, 11) is 2.33. The van der Waals surface area contributed by atoms with Gasteiger partial charge in [-0.3, -0.25) is 4.98 Å². The highest BCUT2D eigenvalue weighted by atomic mass is 19.3. The molecule has 17 heavy (non-hydrogen) atoms. The van der Waals surface area contributed by atoms with Crippen LogP contribution in [-0.4, -0.2) is 25.2 Å². The maximum Gasteiger partial charge on any atom is 0.343 e. The topological polar surface area (TPSA) is 74.4 Å². The quantitative estimate of drug-likeness (QED) is 0.810. The second-order valence-electron chi connectivity index (χ2n) is 3.06. The summed E-state index contributed by atoms with van der Waals surface area (Å²) >= 11 is 0. The summed E-state index contributed by atoms with van der Waals surface area (Å²) in [5.41, 5.74) is 4.67. The van der Waals surface area contributed by atoms with Crippen LogP contribution in [0.15, 0.2) is 6.20 Å². The Morgan fingerprint density at radius 2 is 2.18 bits per heavy atom. The lowest BCUT2D eigenvalue weighted by Crippen LogP contribution is -2.12. The number of methoxy groups -OCH3 is 2. The molecular weight excluding hydrogens is 234 g/mol. The normalized spacial score (nSPS) is 10.5. The monoisotopic (exact) mass is 246 g/mol. The number of alkyl halides is 2. The highest BCUT2D eigenvalue weighted by Crippen LogP contribution is 2.34. The average molecular weight is 246 g/mol. The Morgan fingerprint density at radius 3 is 2.59 bits per heavy atom. The zero-order chi connectivity index (χ0) is 13.0. The molecule has 94 valence electrons. The van der Waals surface area contributed by atoms with Crippen molar-refractivity contribution in [2.45, 2.75) is 13.0 Å². The molecule has 0 amide bonds. The van der Waals surface area contributed by atoms with E-state index in [1.165, 1.54) is 7.11 Å². The molecule has 0 unspecified atom stereocenters. The van der Waals surface area contributed by atoms with Gasteiger partial charge in [-0.05, 0) is 0 Å². The van der Waals surface area contributed by atoms with Gasteiger partial charge in [0.1, 0.15) is 11.3 Å². The number of hydrogen-bond donors (Lipinski definition) is 1. The van der Waals surface area contributed by atoms with Gasteiger partial charge in [0.2, 0.25) is 0 Å². The maximum absolute atomic E-state index is 12.9. The molecule has 2 N–H and O–H groups in total. The SMILES string of the molecule is COC(=O)c1cnc(CN)c(C(F)F)c1OC. The summed E-state index contributed by atoms with van der Waals surface area (Å²) in [4.78, 5) is 15.1. The lowest BCUT2D eigenvalue weighted by molar-refractivity contribution is 0.0595. The molecular formula is C10H12F2N2O3. The third kappa shape index (κ3) is 2.50. The van der Waals surface area contributed by atoms with Crippen LogP contribution in [0.5, 0.6) is 5.75 Å². The van der Waals surface area contributed by atoms with Crippen LogP contribution in [0.4, 0.5) is 8.78 Å². The van der Waals surface area contributed by atoms with Crippen LogP contribution in [0.25, 0.3) is 0 Å². The van der Waals surface area contributed by atoms with E-state index in [1.54, 1.807) is 0 Å². The lowest BCUT2D eigenvalue weighted by Gasteiger charge is -2.14. The summed E-state index contributed by atoms with van der Waals surface area (Å²) in [5, 5.41) is 0. The Hall–Kier alpha value is -1.76. The number of rotatable bonds is 4. The number of carbonyl (C=O) groups is 1. The molecule has 1 rings (SSSR count). The van der Waals surface area contributed by atoms with E-state index in [1.807, 2.05) is 0 Å². The van der Waals surface area contributed by atoms with E-state index in [2.05, 4.69) is 9.72 Å². The van der Waals surface area contributed by atoms with Crippen LogP contribution in [0, 0.1) is 0 Å². The molecule has 0 saturated carbocycles. The summed E-state index contributed by atoms with van der Waals surface area (Å²) in [6.45, 7) is -0.169. The van der Waals surface area contributed by atoms with Crippen LogP contribution in [0.1, 0.15) is 28.0 Å². The van der Waals surface area contributed by atoms with Gasteiger partial charge in [0.15, 0.2) is 0 Å². The number of esters is 1. The Bertz CT molecular complexity index is 424. The minimum atomic E-state index is -2.83. The van der Waals surface area contributed by atoms with Gasteiger partial charge in [0, 0.05) is 12.7 Å². The van der Waals surface area contributed by atoms with Crippen molar-refractivity contribution in [3.05, 3.63) is 23.0 Å². The Kier molecular flexibility index (Phi) is 4.33. The van der Waals surface area contributed by atoms with E-state index in [9.17, 15) is 13.6 Å². The Balaban J connectivity index is 3.46. The van der Waals surface area contributed by atoms with Crippen molar-refractivity contribution in [3.8, 4) is 5.75 Å². The molecule has 0 radical (unpaired) electrons. The van der Waals surface area contributed by atoms with Gasteiger partial charge >= 0.3 is 5.97 Å². The number of halogens is 2. The first-order chi connectivity index (χ1) is 8.06. The molecule has 0 aliphatic rings. The van der Waals surface area contributed by atoms with Crippen molar-refractivity contribution in [3.63, 3.8) is 0 Å². The minimum Gasteiger partial charge on any atom is -0.495 e. The molecule has 5 nitrogen and oxygen atoms in total. The second kappa shape index (κ2) is 5.53. The number of carbonyl (C=O) groups excluding carboxylic acids is 1. The van der Waals surface area contributed by atoms with Crippen molar-refractivity contribution >= 4 is 5.97 Å². The number of aromatic nitrogens is 1. The van der Waals surface area contributed by atoms with Crippen LogP contribution in [-0.2, 0) is 11.3 Å². The van der Waals surface area contributed by atoms with Gasteiger partial charge in [-0.25, -0.2) is 13.6 Å². The predicted octanol–water partition coefficient (Wildman–Crippen LogP) is 1.27. The van der Waals surface area contributed by atoms with Gasteiger partial charge in [-0.15, -0.1) is 0 Å². The molecule has 0 aliphatic carbocycles. The van der Waals surface area contributed by atoms with Crippen LogP contribution >= 0.6 is 0 Å². The number of pyridine rings is 1. The minimum absolute atomic E-state index is 0.00972. The maximum atomic E-state index is 12.9. The van der Waals surface area contributed by atoms with E-state index in [-0.39, 0.29) is 23.6 Å². The number of nitrogens with zero attached hydrogens (tertiary/aromatic N) is 1. The third-order valence-corrected chi connectivity index (χ3v) is 2.17. The molecule has 1 aromatic rings. The van der Waals surface area contributed by atoms with Crippen molar-refractivity contribution in [1.82, 2.24) is 4.98 Å². The average Bonchev–Trinajstić information content (AvgIpc) is 2.35. The molecule has 0 aliphatic heterocycles. The number of ether oxygens (including phenoxy) is 2. The van der Waals surface area contributed by atoms with E-state index >= 15 is 0 Å². The zero-order valence-electron chi connectivity index (χ0n) is 9.37. The van der Waals surface area contributed by atoms with Gasteiger partial charge < -0.3 is 15.2 Å². The van der Waals surface area contributed by atoms with Crippen LogP contribution in [0.2, 0.25) is 0 Å². The first-order valence-corrected chi connectivity index (χ1v) is 4.69. The van der Waals surface area contributed by atoms with Gasteiger partial charge in [-0.1, -0.05) is 0 Å². The highest BCUT2D eigenvalue weighted by molar-refractivity contribution is 5.92. The van der Waals surface area contributed by atoms with Crippen molar-refractivity contribution < 1.29 is 23.0 Å². The second-order valence-corrected chi connectivity index (χ2v) is 3.06. The lowest BCUT2D eigenvalue weighted by atomic mass is 10.1. The van der Waals surface area contributed by atoms with E-state index in [0.29, 0.717) is 0 Å². The van der Waals surface area contributed by atoms with Crippen molar-refractivity contribution in [2.75, 3.05) is 14.2 Å². The van der Waals surface area contributed by atoms with Gasteiger partial charge in [0.25, 0.3) is 6.43 Å². The molecule has 0 spiro atoms. The third-order valence-electron chi connectivity index (χ3n) is 2.17. The summed E-state index contributed by atoms with van der Waals surface area (Å²) in [5.74, 6) is -1.04. The molecule has 7 heteroatoms. The molecule has 0 bridgehead atoms. The fourth-order valence-electron chi connectivity index (χ4n) is 1.41.